The molecule has 0 amide bonds. The highest BCUT2D eigenvalue weighted by Crippen LogP contribution is 2.75. The van der Waals surface area contributed by atoms with Crippen molar-refractivity contribution in [2.24, 2.45) is 57.2 Å². The molecule has 0 aromatic rings. The molecule has 4 saturated carbocycles. The van der Waals surface area contributed by atoms with Crippen molar-refractivity contribution in [1.29, 1.82) is 0 Å². The average Bonchev–Trinajstić information content (AvgIpc) is 2.70. The van der Waals surface area contributed by atoms with Crippen molar-refractivity contribution in [2.45, 2.75) is 113 Å². The van der Waals surface area contributed by atoms with Gasteiger partial charge in [-0.2, -0.15) is 0 Å². The lowest BCUT2D eigenvalue weighted by molar-refractivity contribution is -0.230. The van der Waals surface area contributed by atoms with Gasteiger partial charge in [-0.25, -0.2) is 0 Å². The summed E-state index contributed by atoms with van der Waals surface area (Å²) < 4.78 is 0. The second kappa shape index (κ2) is 7.88. The summed E-state index contributed by atoms with van der Waals surface area (Å²) in [6.45, 7) is 22.1. The van der Waals surface area contributed by atoms with Gasteiger partial charge < -0.3 is 5.11 Å². The molecule has 0 aromatic heterocycles. The van der Waals surface area contributed by atoms with Crippen LogP contribution in [0.4, 0.5) is 0 Å². The quantitative estimate of drug-likeness (QED) is 0.444. The van der Waals surface area contributed by atoms with Gasteiger partial charge in [0.2, 0.25) is 0 Å². The van der Waals surface area contributed by atoms with Crippen LogP contribution in [-0.4, -0.2) is 11.1 Å². The number of hydrogen-bond donors (Lipinski definition) is 1. The SMILES string of the molecule is C=C1CCC2(C)CCC3(C)C(CCC4C(C)(CCC(=O)O)C(C(C)C)CCC43C)C2C1C. The number of carbonyl (C=O) groups is 1. The van der Waals surface area contributed by atoms with E-state index in [0.29, 0.717) is 46.3 Å². The van der Waals surface area contributed by atoms with Crippen molar-refractivity contribution in [3.05, 3.63) is 12.2 Å². The van der Waals surface area contributed by atoms with Crippen LogP contribution in [0.25, 0.3) is 0 Å². The molecule has 4 fully saturated rings. The number of carboxylic acid groups (broad SMARTS) is 1. The lowest BCUT2D eigenvalue weighted by Gasteiger charge is -2.72. The van der Waals surface area contributed by atoms with E-state index >= 15 is 0 Å². The van der Waals surface area contributed by atoms with E-state index in [1.54, 1.807) is 0 Å². The Kier molecular flexibility index (Phi) is 5.99. The van der Waals surface area contributed by atoms with Crippen LogP contribution < -0.4 is 0 Å². The lowest BCUT2D eigenvalue weighted by Crippen LogP contribution is -2.65. The van der Waals surface area contributed by atoms with Crippen LogP contribution >= 0.6 is 0 Å². The number of allylic oxidation sites excluding steroid dienone is 1. The molecule has 0 radical (unpaired) electrons. The smallest absolute Gasteiger partial charge is 0.303 e. The van der Waals surface area contributed by atoms with E-state index in [1.807, 2.05) is 0 Å². The summed E-state index contributed by atoms with van der Waals surface area (Å²) in [6.07, 6.45) is 11.7. The monoisotopic (exact) mass is 442 g/mol. The Balaban J connectivity index is 1.74. The molecule has 0 heterocycles. The molecular weight excluding hydrogens is 392 g/mol. The summed E-state index contributed by atoms with van der Waals surface area (Å²) in [5.41, 5.74) is 2.79. The van der Waals surface area contributed by atoms with Gasteiger partial charge in [0.05, 0.1) is 0 Å². The molecule has 182 valence electrons. The van der Waals surface area contributed by atoms with Gasteiger partial charge in [0.15, 0.2) is 0 Å². The molecule has 0 spiro atoms. The Labute approximate surface area is 198 Å². The summed E-state index contributed by atoms with van der Waals surface area (Å²) in [7, 11) is 0. The zero-order valence-corrected chi connectivity index (χ0v) is 22.1. The average molecular weight is 443 g/mol. The van der Waals surface area contributed by atoms with E-state index in [-0.39, 0.29) is 5.41 Å². The van der Waals surface area contributed by atoms with Crippen molar-refractivity contribution in [3.63, 3.8) is 0 Å². The molecule has 9 atom stereocenters. The molecule has 0 saturated heterocycles. The fraction of sp³-hybridized carbons (Fsp3) is 0.900. The maximum Gasteiger partial charge on any atom is 0.303 e. The zero-order chi connectivity index (χ0) is 23.7. The molecular formula is C30H50O2. The first-order valence-electron chi connectivity index (χ1n) is 13.7. The zero-order valence-electron chi connectivity index (χ0n) is 22.1. The largest absolute Gasteiger partial charge is 0.481 e. The predicted octanol–water partition coefficient (Wildman–Crippen LogP) is 8.36. The fourth-order valence-electron chi connectivity index (χ4n) is 10.6. The summed E-state index contributed by atoms with van der Waals surface area (Å²) in [5, 5.41) is 9.59. The van der Waals surface area contributed by atoms with Crippen LogP contribution in [0.3, 0.4) is 0 Å². The molecule has 1 N–H and O–H groups in total. The van der Waals surface area contributed by atoms with Crippen molar-refractivity contribution in [1.82, 2.24) is 0 Å². The highest BCUT2D eigenvalue weighted by atomic mass is 16.4. The first-order chi connectivity index (χ1) is 14.8. The Morgan fingerprint density at radius 2 is 1.72 bits per heavy atom. The van der Waals surface area contributed by atoms with Crippen LogP contribution in [0, 0.1) is 57.2 Å². The van der Waals surface area contributed by atoms with Crippen LogP contribution in [0.2, 0.25) is 0 Å². The van der Waals surface area contributed by atoms with Gasteiger partial charge in [-0.05, 0) is 115 Å². The minimum absolute atomic E-state index is 0.135. The first-order valence-corrected chi connectivity index (χ1v) is 13.7. The number of hydrogen-bond acceptors (Lipinski definition) is 1. The fourth-order valence-corrected chi connectivity index (χ4v) is 10.6. The normalized spacial score (nSPS) is 51.0. The topological polar surface area (TPSA) is 37.3 Å². The van der Waals surface area contributed by atoms with E-state index in [1.165, 1.54) is 56.9 Å². The molecule has 0 bridgehead atoms. The minimum atomic E-state index is -0.621. The first kappa shape index (κ1) is 24.3. The van der Waals surface area contributed by atoms with E-state index in [2.05, 4.69) is 55.0 Å². The third kappa shape index (κ3) is 3.28. The van der Waals surface area contributed by atoms with Crippen molar-refractivity contribution < 1.29 is 9.90 Å². The van der Waals surface area contributed by atoms with E-state index in [9.17, 15) is 9.90 Å². The third-order valence-corrected chi connectivity index (χ3v) is 12.6. The Morgan fingerprint density at radius 3 is 2.34 bits per heavy atom. The van der Waals surface area contributed by atoms with Gasteiger partial charge in [-0.3, -0.25) is 4.79 Å². The standard InChI is InChI=1S/C30H50O2/c1-19(2)22-12-16-30(8)24(28(22,6)15-13-25(31)32)10-9-23-26-21(4)20(3)11-14-27(26,5)17-18-29(23,30)7/h19,21-24,26H,3,9-18H2,1-2,4-8H3,(H,31,32). The molecule has 4 aliphatic rings. The van der Waals surface area contributed by atoms with Crippen LogP contribution in [-0.2, 0) is 4.79 Å². The Bertz CT molecular complexity index is 769. The molecule has 32 heavy (non-hydrogen) atoms. The maximum atomic E-state index is 11.6. The van der Waals surface area contributed by atoms with Gasteiger partial charge in [-0.1, -0.05) is 60.6 Å². The predicted molar refractivity (Wildman–Crippen MR) is 133 cm³/mol. The molecule has 4 rings (SSSR count). The van der Waals surface area contributed by atoms with Gasteiger partial charge >= 0.3 is 5.97 Å². The number of carboxylic acids is 1. The maximum absolute atomic E-state index is 11.6. The Morgan fingerprint density at radius 1 is 1.03 bits per heavy atom. The van der Waals surface area contributed by atoms with E-state index < -0.39 is 5.97 Å². The van der Waals surface area contributed by atoms with Crippen LogP contribution in [0.5, 0.6) is 0 Å². The summed E-state index contributed by atoms with van der Waals surface area (Å²) in [6, 6.07) is 0. The number of fused-ring (bicyclic) bond motifs is 5. The highest BCUT2D eigenvalue weighted by Gasteiger charge is 2.67. The number of rotatable bonds is 4. The second-order valence-corrected chi connectivity index (χ2v) is 14.0. The van der Waals surface area contributed by atoms with Crippen molar-refractivity contribution in [3.8, 4) is 0 Å². The summed E-state index contributed by atoms with van der Waals surface area (Å²) in [5.74, 6) is 3.49. The van der Waals surface area contributed by atoms with E-state index in [4.69, 9.17) is 0 Å². The highest BCUT2D eigenvalue weighted by molar-refractivity contribution is 5.66. The van der Waals surface area contributed by atoms with Crippen LogP contribution in [0.15, 0.2) is 12.2 Å². The van der Waals surface area contributed by atoms with Gasteiger partial charge in [0.25, 0.3) is 0 Å². The van der Waals surface area contributed by atoms with Crippen molar-refractivity contribution in [2.75, 3.05) is 0 Å². The second-order valence-electron chi connectivity index (χ2n) is 14.0. The summed E-state index contributed by atoms with van der Waals surface area (Å²) >= 11 is 0. The molecule has 2 nitrogen and oxygen atoms in total. The molecule has 0 aliphatic heterocycles. The van der Waals surface area contributed by atoms with Crippen molar-refractivity contribution >= 4 is 5.97 Å². The molecule has 4 aliphatic carbocycles. The number of aliphatic carboxylic acids is 1. The Hall–Kier alpha value is -0.790. The van der Waals surface area contributed by atoms with Crippen LogP contribution in [0.1, 0.15) is 113 Å². The minimum Gasteiger partial charge on any atom is -0.481 e. The van der Waals surface area contributed by atoms with Gasteiger partial charge in [0, 0.05) is 6.42 Å². The van der Waals surface area contributed by atoms with Gasteiger partial charge in [-0.15, -0.1) is 0 Å². The van der Waals surface area contributed by atoms with Gasteiger partial charge in [0.1, 0.15) is 0 Å². The molecule has 2 heteroatoms. The summed E-state index contributed by atoms with van der Waals surface area (Å²) in [4.78, 5) is 11.6. The molecule has 9 unspecified atom stereocenters. The third-order valence-electron chi connectivity index (χ3n) is 12.6. The lowest BCUT2D eigenvalue weighted by atomic mass is 9.32. The molecule has 0 aromatic carbocycles. The van der Waals surface area contributed by atoms with E-state index in [0.717, 1.165) is 18.3 Å².